The maximum atomic E-state index is 11.9. The molecule has 9 heteroatoms. The number of carbonyl (C=O) groups is 3. The average Bonchev–Trinajstić information content (AvgIpc) is 3.27. The Kier molecular flexibility index (Phi) is 12.0. The molecule has 2 fully saturated rings. The summed E-state index contributed by atoms with van der Waals surface area (Å²) in [6, 6.07) is 0.464. The highest BCUT2D eigenvalue weighted by Gasteiger charge is 2.42. The number of nitrogens with two attached hydrogens (primary N) is 1. The summed E-state index contributed by atoms with van der Waals surface area (Å²) in [4.78, 5) is 35.0. The summed E-state index contributed by atoms with van der Waals surface area (Å²) in [6.07, 6.45) is 9.82. The highest BCUT2D eigenvalue weighted by molar-refractivity contribution is 8.00. The summed E-state index contributed by atoms with van der Waals surface area (Å²) in [5.74, 6) is 1.20. The molecule has 8 nitrogen and oxygen atoms in total. The minimum absolute atomic E-state index is 0.0476. The first kappa shape index (κ1) is 24.8. The SMILES string of the molecule is NCCCCCNC(=O)CCCCCNC(=O)CCCCC1SC[C@@H]2NC(=O)N[C@H]12. The molecule has 2 aliphatic rings. The standard InChI is InChI=1S/C21H39N5O3S/c22-12-6-2-8-14-24-18(27)10-3-1-7-13-23-19(28)11-5-4-9-17-20-16(15-30-17)25-21(29)26-20/h16-17,20H,1-15,22H2,(H,23,28)(H,24,27)(H2,25,26,29)/t16-,17?,20-/m0/s1. The second-order valence-electron chi connectivity index (χ2n) is 8.23. The van der Waals surface area contributed by atoms with E-state index in [9.17, 15) is 14.4 Å². The highest BCUT2D eigenvalue weighted by atomic mass is 32.2. The van der Waals surface area contributed by atoms with E-state index < -0.39 is 0 Å². The minimum atomic E-state index is -0.0476. The van der Waals surface area contributed by atoms with Crippen LogP contribution < -0.4 is 27.0 Å². The fraction of sp³-hybridized carbons (Fsp3) is 0.857. The van der Waals surface area contributed by atoms with E-state index in [1.54, 1.807) is 0 Å². The van der Waals surface area contributed by atoms with Gasteiger partial charge in [0, 0.05) is 36.9 Å². The van der Waals surface area contributed by atoms with Gasteiger partial charge in [-0.05, 0) is 45.1 Å². The van der Waals surface area contributed by atoms with Gasteiger partial charge in [-0.25, -0.2) is 4.79 Å². The van der Waals surface area contributed by atoms with E-state index in [1.165, 1.54) is 0 Å². The van der Waals surface area contributed by atoms with Gasteiger partial charge in [0.15, 0.2) is 0 Å². The van der Waals surface area contributed by atoms with Crippen LogP contribution in [-0.4, -0.2) is 60.6 Å². The van der Waals surface area contributed by atoms with Crippen LogP contribution in [0.25, 0.3) is 0 Å². The smallest absolute Gasteiger partial charge is 0.315 e. The highest BCUT2D eigenvalue weighted by Crippen LogP contribution is 2.33. The Bertz CT molecular complexity index is 549. The van der Waals surface area contributed by atoms with Gasteiger partial charge in [-0.1, -0.05) is 19.3 Å². The van der Waals surface area contributed by atoms with Gasteiger partial charge in [0.25, 0.3) is 0 Å². The lowest BCUT2D eigenvalue weighted by molar-refractivity contribution is -0.122. The van der Waals surface area contributed by atoms with Crippen LogP contribution in [0.5, 0.6) is 0 Å². The number of fused-ring (bicyclic) bond motifs is 1. The van der Waals surface area contributed by atoms with Crippen molar-refractivity contribution in [3.05, 3.63) is 0 Å². The fourth-order valence-electron chi connectivity index (χ4n) is 3.94. The number of nitrogens with one attached hydrogen (secondary N) is 4. The van der Waals surface area contributed by atoms with Gasteiger partial charge in [-0.3, -0.25) is 9.59 Å². The Hall–Kier alpha value is -1.48. The summed E-state index contributed by atoms with van der Waals surface area (Å²) in [6.45, 7) is 2.13. The monoisotopic (exact) mass is 441 g/mol. The molecular weight excluding hydrogens is 402 g/mol. The molecule has 2 aliphatic heterocycles. The van der Waals surface area contributed by atoms with Gasteiger partial charge < -0.3 is 27.0 Å². The lowest BCUT2D eigenvalue weighted by atomic mass is 10.0. The molecule has 2 heterocycles. The van der Waals surface area contributed by atoms with Crippen molar-refractivity contribution in [3.63, 3.8) is 0 Å². The fourth-order valence-corrected chi connectivity index (χ4v) is 5.48. The van der Waals surface area contributed by atoms with Crippen LogP contribution in [0, 0.1) is 0 Å². The summed E-state index contributed by atoms with van der Waals surface area (Å²) in [5.41, 5.74) is 5.44. The van der Waals surface area contributed by atoms with E-state index in [4.69, 9.17) is 5.73 Å². The Balaban J connectivity index is 1.36. The van der Waals surface area contributed by atoms with Crippen molar-refractivity contribution >= 4 is 29.6 Å². The second kappa shape index (κ2) is 14.5. The Morgan fingerprint density at radius 3 is 2.20 bits per heavy atom. The average molecular weight is 442 g/mol. The van der Waals surface area contributed by atoms with Crippen LogP contribution in [-0.2, 0) is 9.59 Å². The molecule has 0 spiro atoms. The van der Waals surface area contributed by atoms with Crippen LogP contribution in [0.2, 0.25) is 0 Å². The first-order chi connectivity index (χ1) is 14.6. The number of rotatable bonds is 16. The van der Waals surface area contributed by atoms with E-state index in [0.29, 0.717) is 31.2 Å². The molecule has 0 aromatic heterocycles. The molecule has 3 atom stereocenters. The molecule has 0 saturated carbocycles. The molecule has 6 N–H and O–H groups in total. The van der Waals surface area contributed by atoms with Crippen LogP contribution in [0.3, 0.4) is 0 Å². The normalized spacial score (nSPS) is 22.3. The van der Waals surface area contributed by atoms with Crippen LogP contribution in [0.1, 0.15) is 70.6 Å². The Morgan fingerprint density at radius 1 is 0.900 bits per heavy atom. The molecule has 30 heavy (non-hydrogen) atoms. The van der Waals surface area contributed by atoms with Crippen molar-refractivity contribution in [2.24, 2.45) is 5.73 Å². The first-order valence-corrected chi connectivity index (χ1v) is 12.6. The molecule has 0 aromatic carbocycles. The number of unbranched alkanes of at least 4 members (excludes halogenated alkanes) is 5. The van der Waals surface area contributed by atoms with Crippen LogP contribution in [0.4, 0.5) is 4.79 Å². The number of urea groups is 1. The molecule has 172 valence electrons. The van der Waals surface area contributed by atoms with Gasteiger partial charge in [0.05, 0.1) is 12.1 Å². The topological polar surface area (TPSA) is 125 Å². The van der Waals surface area contributed by atoms with E-state index >= 15 is 0 Å². The zero-order valence-electron chi connectivity index (χ0n) is 18.0. The van der Waals surface area contributed by atoms with Crippen molar-refractivity contribution in [1.82, 2.24) is 21.3 Å². The zero-order valence-corrected chi connectivity index (χ0v) is 18.9. The third-order valence-corrected chi connectivity index (χ3v) is 7.20. The third-order valence-electron chi connectivity index (χ3n) is 5.69. The summed E-state index contributed by atoms with van der Waals surface area (Å²) in [7, 11) is 0. The molecule has 0 bridgehead atoms. The van der Waals surface area contributed by atoms with Gasteiger partial charge in [-0.2, -0.15) is 11.8 Å². The van der Waals surface area contributed by atoms with Crippen molar-refractivity contribution in [3.8, 4) is 0 Å². The molecule has 0 aliphatic carbocycles. The minimum Gasteiger partial charge on any atom is -0.356 e. The van der Waals surface area contributed by atoms with E-state index in [1.807, 2.05) is 11.8 Å². The molecule has 0 aromatic rings. The maximum Gasteiger partial charge on any atom is 0.315 e. The van der Waals surface area contributed by atoms with Crippen molar-refractivity contribution in [2.75, 3.05) is 25.4 Å². The Labute approximate surface area is 184 Å². The molecule has 2 saturated heterocycles. The van der Waals surface area contributed by atoms with Crippen molar-refractivity contribution in [2.45, 2.75) is 88.0 Å². The van der Waals surface area contributed by atoms with Gasteiger partial charge >= 0.3 is 6.03 Å². The summed E-state index contributed by atoms with van der Waals surface area (Å²) < 4.78 is 0. The second-order valence-corrected chi connectivity index (χ2v) is 9.50. The molecular formula is C21H39N5O3S. The number of hydrogen-bond acceptors (Lipinski definition) is 5. The maximum absolute atomic E-state index is 11.9. The lowest BCUT2D eigenvalue weighted by Crippen LogP contribution is -2.36. The molecule has 4 amide bonds. The van der Waals surface area contributed by atoms with Crippen LogP contribution in [0.15, 0.2) is 0 Å². The first-order valence-electron chi connectivity index (χ1n) is 11.5. The van der Waals surface area contributed by atoms with Gasteiger partial charge in [-0.15, -0.1) is 0 Å². The number of thioether (sulfide) groups is 1. The number of hydrogen-bond donors (Lipinski definition) is 5. The predicted molar refractivity (Wildman–Crippen MR) is 121 cm³/mol. The summed E-state index contributed by atoms with van der Waals surface area (Å²) >= 11 is 1.92. The predicted octanol–water partition coefficient (Wildman–Crippen LogP) is 1.63. The zero-order chi connectivity index (χ0) is 21.6. The third kappa shape index (κ3) is 9.55. The largest absolute Gasteiger partial charge is 0.356 e. The Morgan fingerprint density at radius 2 is 1.53 bits per heavy atom. The van der Waals surface area contributed by atoms with E-state index in [-0.39, 0.29) is 29.9 Å². The van der Waals surface area contributed by atoms with Crippen molar-refractivity contribution in [1.29, 1.82) is 0 Å². The molecule has 1 unspecified atom stereocenters. The van der Waals surface area contributed by atoms with Crippen molar-refractivity contribution < 1.29 is 14.4 Å². The lowest BCUT2D eigenvalue weighted by Gasteiger charge is -2.16. The quantitative estimate of drug-likeness (QED) is 0.184. The summed E-state index contributed by atoms with van der Waals surface area (Å²) in [5, 5.41) is 12.3. The number of carbonyl (C=O) groups excluding carboxylic acids is 3. The van der Waals surface area contributed by atoms with E-state index in [0.717, 1.165) is 70.1 Å². The molecule has 2 rings (SSSR count). The van der Waals surface area contributed by atoms with Gasteiger partial charge in [0.1, 0.15) is 0 Å². The van der Waals surface area contributed by atoms with Gasteiger partial charge in [0.2, 0.25) is 11.8 Å². The molecule has 0 radical (unpaired) electrons. The number of amides is 4. The van der Waals surface area contributed by atoms with E-state index in [2.05, 4.69) is 21.3 Å². The van der Waals surface area contributed by atoms with Crippen LogP contribution >= 0.6 is 11.8 Å².